The minimum atomic E-state index is -0.103. The van der Waals surface area contributed by atoms with E-state index in [1.54, 1.807) is 6.07 Å². The molecule has 0 aliphatic carbocycles. The summed E-state index contributed by atoms with van der Waals surface area (Å²) in [5.41, 5.74) is 0.743. The van der Waals surface area contributed by atoms with Crippen LogP contribution in [0.25, 0.3) is 0 Å². The number of nitrogens with zero attached hydrogens (tertiary/aromatic N) is 1. The molecule has 18 heavy (non-hydrogen) atoms. The van der Waals surface area contributed by atoms with E-state index in [4.69, 9.17) is 5.11 Å². The molecule has 3 N–H and O–H groups in total. The maximum absolute atomic E-state index is 11.4. The second kappa shape index (κ2) is 8.69. The number of aromatic nitrogens is 2. The highest BCUT2D eigenvalue weighted by Crippen LogP contribution is 2.03. The van der Waals surface area contributed by atoms with Crippen molar-refractivity contribution in [3.05, 3.63) is 22.1 Å². The molecule has 0 fully saturated rings. The Kier molecular flexibility index (Phi) is 7.10. The third kappa shape index (κ3) is 5.82. The average molecular weight is 253 g/mol. The molecule has 5 heteroatoms. The number of unbranched alkanes of at least 4 members (excludes halogenated alkanes) is 3. The maximum atomic E-state index is 11.4. The van der Waals surface area contributed by atoms with Crippen LogP contribution in [0.15, 0.2) is 10.9 Å². The van der Waals surface area contributed by atoms with Crippen LogP contribution in [0.3, 0.4) is 0 Å². The summed E-state index contributed by atoms with van der Waals surface area (Å²) in [5, 5.41) is 11.8. The lowest BCUT2D eigenvalue weighted by Crippen LogP contribution is -2.14. The second-order valence-electron chi connectivity index (χ2n) is 4.40. The van der Waals surface area contributed by atoms with Crippen LogP contribution in [0, 0.1) is 0 Å². The van der Waals surface area contributed by atoms with Crippen LogP contribution in [0.2, 0.25) is 0 Å². The molecule has 0 spiro atoms. The number of H-pyrrole nitrogens is 1. The SMILES string of the molecule is CCCCc1cc(=O)[nH]c(NCCCCCO)n1. The van der Waals surface area contributed by atoms with Gasteiger partial charge in [-0.3, -0.25) is 9.78 Å². The van der Waals surface area contributed by atoms with Crippen LogP contribution in [0.1, 0.15) is 44.7 Å². The van der Waals surface area contributed by atoms with Gasteiger partial charge in [0.15, 0.2) is 0 Å². The number of aliphatic hydroxyl groups excluding tert-OH is 1. The molecule has 1 rings (SSSR count). The van der Waals surface area contributed by atoms with Crippen molar-refractivity contribution in [2.75, 3.05) is 18.5 Å². The number of hydrogen-bond donors (Lipinski definition) is 3. The van der Waals surface area contributed by atoms with Crippen molar-refractivity contribution in [2.24, 2.45) is 0 Å². The van der Waals surface area contributed by atoms with Gasteiger partial charge in [-0.1, -0.05) is 13.3 Å². The Morgan fingerprint density at radius 3 is 2.89 bits per heavy atom. The normalized spacial score (nSPS) is 10.6. The maximum Gasteiger partial charge on any atom is 0.252 e. The first-order chi connectivity index (χ1) is 8.76. The van der Waals surface area contributed by atoms with Gasteiger partial charge in [0, 0.05) is 24.9 Å². The topological polar surface area (TPSA) is 78.0 Å². The van der Waals surface area contributed by atoms with E-state index in [2.05, 4.69) is 22.2 Å². The third-order valence-corrected chi connectivity index (χ3v) is 2.71. The quantitative estimate of drug-likeness (QED) is 0.585. The molecule has 0 bridgehead atoms. The smallest absolute Gasteiger partial charge is 0.252 e. The first-order valence-electron chi connectivity index (χ1n) is 6.71. The lowest BCUT2D eigenvalue weighted by molar-refractivity contribution is 0.283. The molecular weight excluding hydrogens is 230 g/mol. The van der Waals surface area contributed by atoms with Gasteiger partial charge >= 0.3 is 0 Å². The zero-order chi connectivity index (χ0) is 13.2. The fourth-order valence-corrected chi connectivity index (χ4v) is 1.70. The molecule has 0 aliphatic rings. The number of nitrogens with one attached hydrogen (secondary N) is 2. The van der Waals surface area contributed by atoms with Crippen LogP contribution in [0.5, 0.6) is 0 Å². The van der Waals surface area contributed by atoms with Gasteiger partial charge in [-0.2, -0.15) is 0 Å². The largest absolute Gasteiger partial charge is 0.396 e. The molecule has 0 atom stereocenters. The molecule has 1 aromatic rings. The molecule has 1 aromatic heterocycles. The first-order valence-corrected chi connectivity index (χ1v) is 6.71. The Balaban J connectivity index is 2.44. The molecular formula is C13H23N3O2. The summed E-state index contributed by atoms with van der Waals surface area (Å²) in [6.07, 6.45) is 5.75. The van der Waals surface area contributed by atoms with E-state index in [1.807, 2.05) is 0 Å². The Morgan fingerprint density at radius 1 is 1.33 bits per heavy atom. The predicted octanol–water partition coefficient (Wildman–Crippen LogP) is 1.69. The number of aliphatic hydroxyl groups is 1. The van der Waals surface area contributed by atoms with Crippen molar-refractivity contribution in [3.63, 3.8) is 0 Å². The molecule has 5 nitrogen and oxygen atoms in total. The zero-order valence-corrected chi connectivity index (χ0v) is 11.0. The average Bonchev–Trinajstić information content (AvgIpc) is 2.35. The zero-order valence-electron chi connectivity index (χ0n) is 11.0. The van der Waals surface area contributed by atoms with E-state index in [-0.39, 0.29) is 12.2 Å². The van der Waals surface area contributed by atoms with E-state index in [1.165, 1.54) is 0 Å². The molecule has 0 radical (unpaired) electrons. The van der Waals surface area contributed by atoms with Gasteiger partial charge in [-0.05, 0) is 32.1 Å². The van der Waals surface area contributed by atoms with Crippen molar-refractivity contribution in [1.29, 1.82) is 0 Å². The van der Waals surface area contributed by atoms with Gasteiger partial charge < -0.3 is 10.4 Å². The van der Waals surface area contributed by atoms with Gasteiger partial charge in [-0.15, -0.1) is 0 Å². The van der Waals surface area contributed by atoms with E-state index in [9.17, 15) is 4.79 Å². The third-order valence-electron chi connectivity index (χ3n) is 2.71. The number of hydrogen-bond acceptors (Lipinski definition) is 4. The van der Waals surface area contributed by atoms with Crippen molar-refractivity contribution in [1.82, 2.24) is 9.97 Å². The summed E-state index contributed by atoms with van der Waals surface area (Å²) in [5.74, 6) is 0.553. The van der Waals surface area contributed by atoms with Gasteiger partial charge in [0.25, 0.3) is 5.56 Å². The monoisotopic (exact) mass is 253 g/mol. The molecule has 0 aromatic carbocycles. The van der Waals surface area contributed by atoms with E-state index >= 15 is 0 Å². The highest BCUT2D eigenvalue weighted by atomic mass is 16.2. The fourth-order valence-electron chi connectivity index (χ4n) is 1.70. The number of aryl methyl sites for hydroxylation is 1. The van der Waals surface area contributed by atoms with Crippen LogP contribution in [0.4, 0.5) is 5.95 Å². The fraction of sp³-hybridized carbons (Fsp3) is 0.692. The number of rotatable bonds is 9. The Bertz CT molecular complexity index is 390. The van der Waals surface area contributed by atoms with Crippen molar-refractivity contribution < 1.29 is 5.11 Å². The van der Waals surface area contributed by atoms with Crippen molar-refractivity contribution in [2.45, 2.75) is 45.4 Å². The summed E-state index contributed by atoms with van der Waals surface area (Å²) < 4.78 is 0. The first kappa shape index (κ1) is 14.7. The second-order valence-corrected chi connectivity index (χ2v) is 4.40. The predicted molar refractivity (Wildman–Crippen MR) is 72.9 cm³/mol. The highest BCUT2D eigenvalue weighted by molar-refractivity contribution is 5.24. The van der Waals surface area contributed by atoms with Gasteiger partial charge in [-0.25, -0.2) is 4.98 Å². The van der Waals surface area contributed by atoms with Crippen LogP contribution >= 0.6 is 0 Å². The summed E-state index contributed by atoms with van der Waals surface area (Å²) in [6.45, 7) is 3.12. The van der Waals surface area contributed by atoms with Gasteiger partial charge in [0.2, 0.25) is 5.95 Å². The Hall–Kier alpha value is -1.36. The summed E-state index contributed by atoms with van der Waals surface area (Å²) in [6, 6.07) is 1.56. The molecule has 0 saturated carbocycles. The van der Waals surface area contributed by atoms with Gasteiger partial charge in [0.05, 0.1) is 0 Å². The lowest BCUT2D eigenvalue weighted by Gasteiger charge is -2.06. The molecule has 0 aliphatic heterocycles. The van der Waals surface area contributed by atoms with E-state index in [0.717, 1.165) is 50.8 Å². The molecule has 0 amide bonds. The molecule has 102 valence electrons. The molecule has 0 saturated heterocycles. The van der Waals surface area contributed by atoms with E-state index in [0.29, 0.717) is 5.95 Å². The molecule has 0 unspecified atom stereocenters. The summed E-state index contributed by atoms with van der Waals surface area (Å²) in [7, 11) is 0. The summed E-state index contributed by atoms with van der Waals surface area (Å²) >= 11 is 0. The standard InChI is InChI=1S/C13H23N3O2/c1-2-3-7-11-10-12(18)16-13(15-11)14-8-5-4-6-9-17/h10,17H,2-9H2,1H3,(H2,14,15,16,18). The minimum absolute atomic E-state index is 0.103. The van der Waals surface area contributed by atoms with Crippen LogP contribution in [-0.2, 0) is 6.42 Å². The number of aromatic amines is 1. The van der Waals surface area contributed by atoms with Gasteiger partial charge in [0.1, 0.15) is 0 Å². The molecule has 1 heterocycles. The Morgan fingerprint density at radius 2 is 2.17 bits per heavy atom. The van der Waals surface area contributed by atoms with Crippen LogP contribution in [-0.4, -0.2) is 28.2 Å². The lowest BCUT2D eigenvalue weighted by atomic mass is 10.2. The highest BCUT2D eigenvalue weighted by Gasteiger charge is 2.00. The van der Waals surface area contributed by atoms with Crippen molar-refractivity contribution >= 4 is 5.95 Å². The number of anilines is 1. The van der Waals surface area contributed by atoms with Crippen molar-refractivity contribution in [3.8, 4) is 0 Å². The van der Waals surface area contributed by atoms with Crippen LogP contribution < -0.4 is 10.9 Å². The minimum Gasteiger partial charge on any atom is -0.396 e. The summed E-state index contributed by atoms with van der Waals surface area (Å²) in [4.78, 5) is 18.5. The Labute approximate surface area is 108 Å². The van der Waals surface area contributed by atoms with E-state index < -0.39 is 0 Å².